The number of hydrogen-bond acceptors (Lipinski definition) is 2. The molecule has 1 aliphatic heterocycles. The Bertz CT molecular complexity index is 200. The monoisotopic (exact) mass is 197 g/mol. The zero-order valence-electron chi connectivity index (χ0n) is 9.68. The summed E-state index contributed by atoms with van der Waals surface area (Å²) >= 11 is 0. The normalized spacial score (nSPS) is 39.9. The molecule has 0 radical (unpaired) electrons. The van der Waals surface area contributed by atoms with E-state index in [1.807, 2.05) is 0 Å². The van der Waals surface area contributed by atoms with Crippen LogP contribution in [0.1, 0.15) is 40.0 Å². The number of nitrogens with one attached hydrogen (secondary N) is 1. The number of hydrogen-bond donors (Lipinski definition) is 1. The van der Waals surface area contributed by atoms with Crippen molar-refractivity contribution in [3.05, 3.63) is 0 Å². The first kappa shape index (κ1) is 10.4. The number of rotatable bonds is 2. The topological polar surface area (TPSA) is 21.3 Å². The Morgan fingerprint density at radius 2 is 2.07 bits per heavy atom. The fraction of sp³-hybridized carbons (Fsp3) is 1.00. The summed E-state index contributed by atoms with van der Waals surface area (Å²) < 4.78 is 6.28. The van der Waals surface area contributed by atoms with E-state index in [9.17, 15) is 0 Å². The molecule has 2 rings (SSSR count). The van der Waals surface area contributed by atoms with Gasteiger partial charge < -0.3 is 10.1 Å². The van der Waals surface area contributed by atoms with Crippen molar-refractivity contribution in [2.24, 2.45) is 11.8 Å². The highest BCUT2D eigenvalue weighted by molar-refractivity contribution is 4.91. The molecule has 1 saturated carbocycles. The first-order chi connectivity index (χ1) is 6.62. The minimum Gasteiger partial charge on any atom is -0.369 e. The summed E-state index contributed by atoms with van der Waals surface area (Å²) in [7, 11) is 0. The Hall–Kier alpha value is -0.0800. The number of morpholine rings is 1. The van der Waals surface area contributed by atoms with Gasteiger partial charge in [-0.25, -0.2) is 0 Å². The molecular formula is C12H23NO. The van der Waals surface area contributed by atoms with Crippen molar-refractivity contribution >= 4 is 0 Å². The molecule has 0 spiro atoms. The molecule has 1 N–H and O–H groups in total. The maximum Gasteiger partial charge on any atom is 0.0805 e. The third kappa shape index (κ3) is 1.82. The highest BCUT2D eigenvalue weighted by Gasteiger charge is 2.39. The smallest absolute Gasteiger partial charge is 0.0805 e. The zero-order chi connectivity index (χ0) is 10.2. The van der Waals surface area contributed by atoms with E-state index in [1.54, 1.807) is 0 Å². The minimum absolute atomic E-state index is 0.0541. The highest BCUT2D eigenvalue weighted by atomic mass is 16.5. The van der Waals surface area contributed by atoms with Gasteiger partial charge in [-0.1, -0.05) is 20.3 Å². The quantitative estimate of drug-likeness (QED) is 0.732. The van der Waals surface area contributed by atoms with Crippen molar-refractivity contribution < 1.29 is 4.74 Å². The predicted octanol–water partition coefficient (Wildman–Crippen LogP) is 2.19. The van der Waals surface area contributed by atoms with E-state index in [0.717, 1.165) is 19.0 Å². The molecule has 14 heavy (non-hydrogen) atoms. The van der Waals surface area contributed by atoms with E-state index >= 15 is 0 Å². The standard InChI is InChI=1S/C12H23NO/c1-9(2)12(3)8-13-7-11(14-12)10-5-4-6-10/h9-11,13H,4-8H2,1-3H3. The third-order valence-corrected chi connectivity index (χ3v) is 4.14. The fourth-order valence-electron chi connectivity index (χ4n) is 2.31. The highest BCUT2D eigenvalue weighted by Crippen LogP contribution is 2.36. The van der Waals surface area contributed by atoms with Crippen LogP contribution < -0.4 is 5.32 Å². The molecule has 0 amide bonds. The first-order valence-corrected chi connectivity index (χ1v) is 6.00. The Morgan fingerprint density at radius 1 is 1.36 bits per heavy atom. The second-order valence-electron chi connectivity index (χ2n) is 5.45. The van der Waals surface area contributed by atoms with Crippen molar-refractivity contribution in [3.8, 4) is 0 Å². The van der Waals surface area contributed by atoms with Gasteiger partial charge in [0.2, 0.25) is 0 Å². The van der Waals surface area contributed by atoms with E-state index < -0.39 is 0 Å². The average Bonchev–Trinajstić information content (AvgIpc) is 2.00. The van der Waals surface area contributed by atoms with Crippen LogP contribution in [0.3, 0.4) is 0 Å². The van der Waals surface area contributed by atoms with Crippen LogP contribution in [0.5, 0.6) is 0 Å². The summed E-state index contributed by atoms with van der Waals surface area (Å²) in [6.45, 7) is 8.83. The Morgan fingerprint density at radius 3 is 2.57 bits per heavy atom. The van der Waals surface area contributed by atoms with E-state index in [-0.39, 0.29) is 5.60 Å². The Labute approximate surface area is 87.4 Å². The van der Waals surface area contributed by atoms with Crippen LogP contribution in [0.15, 0.2) is 0 Å². The van der Waals surface area contributed by atoms with Crippen LogP contribution in [0, 0.1) is 11.8 Å². The Kier molecular flexibility index (Phi) is 2.85. The van der Waals surface area contributed by atoms with Crippen LogP contribution in [0.25, 0.3) is 0 Å². The van der Waals surface area contributed by atoms with Crippen molar-refractivity contribution in [1.29, 1.82) is 0 Å². The molecule has 1 heterocycles. The summed E-state index contributed by atoms with van der Waals surface area (Å²) in [4.78, 5) is 0. The van der Waals surface area contributed by atoms with Gasteiger partial charge in [-0.05, 0) is 31.6 Å². The summed E-state index contributed by atoms with van der Waals surface area (Å²) in [6, 6.07) is 0. The molecule has 0 aromatic rings. The summed E-state index contributed by atoms with van der Waals surface area (Å²) in [5, 5.41) is 3.53. The summed E-state index contributed by atoms with van der Waals surface area (Å²) in [5.74, 6) is 1.43. The van der Waals surface area contributed by atoms with Gasteiger partial charge in [-0.3, -0.25) is 0 Å². The molecule has 0 aromatic carbocycles. The van der Waals surface area contributed by atoms with Crippen molar-refractivity contribution in [2.45, 2.75) is 51.7 Å². The lowest BCUT2D eigenvalue weighted by Crippen LogP contribution is -2.57. The van der Waals surface area contributed by atoms with Gasteiger partial charge in [-0.15, -0.1) is 0 Å². The van der Waals surface area contributed by atoms with Gasteiger partial charge in [0.05, 0.1) is 11.7 Å². The molecule has 0 bridgehead atoms. The largest absolute Gasteiger partial charge is 0.369 e. The summed E-state index contributed by atoms with van der Waals surface area (Å²) in [6.07, 6.45) is 4.63. The second-order valence-corrected chi connectivity index (χ2v) is 5.45. The van der Waals surface area contributed by atoms with Gasteiger partial charge >= 0.3 is 0 Å². The summed E-state index contributed by atoms with van der Waals surface area (Å²) in [5.41, 5.74) is 0.0541. The van der Waals surface area contributed by atoms with Crippen LogP contribution in [-0.2, 0) is 4.74 Å². The van der Waals surface area contributed by atoms with Crippen LogP contribution >= 0.6 is 0 Å². The fourth-order valence-corrected chi connectivity index (χ4v) is 2.31. The lowest BCUT2D eigenvalue weighted by atomic mass is 9.79. The first-order valence-electron chi connectivity index (χ1n) is 6.00. The maximum atomic E-state index is 6.28. The molecule has 82 valence electrons. The van der Waals surface area contributed by atoms with E-state index in [4.69, 9.17) is 4.74 Å². The van der Waals surface area contributed by atoms with Gasteiger partial charge in [0, 0.05) is 13.1 Å². The van der Waals surface area contributed by atoms with Crippen molar-refractivity contribution in [3.63, 3.8) is 0 Å². The van der Waals surface area contributed by atoms with Crippen LogP contribution in [0.2, 0.25) is 0 Å². The number of ether oxygens (including phenoxy) is 1. The molecule has 1 saturated heterocycles. The molecule has 2 heteroatoms. The molecule has 2 atom stereocenters. The van der Waals surface area contributed by atoms with E-state index in [1.165, 1.54) is 19.3 Å². The minimum atomic E-state index is 0.0541. The van der Waals surface area contributed by atoms with Crippen molar-refractivity contribution in [1.82, 2.24) is 5.32 Å². The molecular weight excluding hydrogens is 174 g/mol. The molecule has 2 fully saturated rings. The Balaban J connectivity index is 1.95. The lowest BCUT2D eigenvalue weighted by Gasteiger charge is -2.46. The van der Waals surface area contributed by atoms with Gasteiger partial charge in [0.25, 0.3) is 0 Å². The molecule has 0 aromatic heterocycles. The van der Waals surface area contributed by atoms with Crippen LogP contribution in [0.4, 0.5) is 0 Å². The second kappa shape index (κ2) is 3.82. The van der Waals surface area contributed by atoms with Gasteiger partial charge in [0.15, 0.2) is 0 Å². The van der Waals surface area contributed by atoms with Gasteiger partial charge in [0.1, 0.15) is 0 Å². The zero-order valence-corrected chi connectivity index (χ0v) is 9.68. The van der Waals surface area contributed by atoms with E-state index in [0.29, 0.717) is 12.0 Å². The molecule has 1 aliphatic carbocycles. The predicted molar refractivity (Wildman–Crippen MR) is 58.3 cm³/mol. The van der Waals surface area contributed by atoms with Crippen molar-refractivity contribution in [2.75, 3.05) is 13.1 Å². The lowest BCUT2D eigenvalue weighted by molar-refractivity contribution is -0.157. The molecule has 2 unspecified atom stereocenters. The van der Waals surface area contributed by atoms with E-state index in [2.05, 4.69) is 26.1 Å². The van der Waals surface area contributed by atoms with Crippen LogP contribution in [-0.4, -0.2) is 24.8 Å². The molecule has 2 nitrogen and oxygen atoms in total. The molecule has 2 aliphatic rings. The average molecular weight is 197 g/mol. The van der Waals surface area contributed by atoms with Gasteiger partial charge in [-0.2, -0.15) is 0 Å². The third-order valence-electron chi connectivity index (χ3n) is 4.14. The maximum absolute atomic E-state index is 6.28. The SMILES string of the molecule is CC(C)C1(C)CNCC(C2CCC2)O1.